The summed E-state index contributed by atoms with van der Waals surface area (Å²) in [6, 6.07) is 7.82. The van der Waals surface area contributed by atoms with Gasteiger partial charge in [0.05, 0.1) is 0 Å². The molecule has 1 rings (SSSR count). The van der Waals surface area contributed by atoms with Gasteiger partial charge in [-0.1, -0.05) is 23.8 Å². The highest BCUT2D eigenvalue weighted by atomic mass is 32.2. The Kier molecular flexibility index (Phi) is 6.30. The van der Waals surface area contributed by atoms with E-state index in [1.165, 1.54) is 0 Å². The third-order valence-corrected chi connectivity index (χ3v) is 3.33. The van der Waals surface area contributed by atoms with Crippen LogP contribution in [0.1, 0.15) is 22.3 Å². The molecule has 0 saturated heterocycles. The van der Waals surface area contributed by atoms with Gasteiger partial charge in [-0.25, -0.2) is 0 Å². The molecule has 0 heterocycles. The number of thioether (sulfide) groups is 1. The van der Waals surface area contributed by atoms with Gasteiger partial charge in [0.2, 0.25) is 0 Å². The molecular formula is C14H21NOS. The predicted octanol–water partition coefficient (Wildman–Crippen LogP) is 2.86. The highest BCUT2D eigenvalue weighted by molar-refractivity contribution is 7.98. The lowest BCUT2D eigenvalue weighted by molar-refractivity contribution is 0.0970. The number of carbonyl (C=O) groups is 1. The Morgan fingerprint density at radius 2 is 2.12 bits per heavy atom. The first-order valence-corrected chi connectivity index (χ1v) is 7.30. The lowest BCUT2D eigenvalue weighted by Gasteiger charge is -2.15. The maximum absolute atomic E-state index is 11.9. The summed E-state index contributed by atoms with van der Waals surface area (Å²) in [5, 5.41) is 0. The monoisotopic (exact) mass is 251 g/mol. The Morgan fingerprint density at radius 1 is 1.35 bits per heavy atom. The quantitative estimate of drug-likeness (QED) is 0.695. The molecule has 0 amide bonds. The van der Waals surface area contributed by atoms with E-state index < -0.39 is 0 Å². The fourth-order valence-corrected chi connectivity index (χ4v) is 2.11. The fourth-order valence-electron chi connectivity index (χ4n) is 1.61. The van der Waals surface area contributed by atoms with Crippen LogP contribution in [0.25, 0.3) is 0 Å². The number of rotatable bonds is 7. The van der Waals surface area contributed by atoms with Gasteiger partial charge in [0.15, 0.2) is 5.78 Å². The van der Waals surface area contributed by atoms with Crippen LogP contribution in [0.15, 0.2) is 24.3 Å². The van der Waals surface area contributed by atoms with E-state index in [-0.39, 0.29) is 5.78 Å². The molecule has 2 nitrogen and oxygen atoms in total. The molecule has 1 aromatic rings. The van der Waals surface area contributed by atoms with Crippen LogP contribution in [0.2, 0.25) is 0 Å². The zero-order valence-corrected chi connectivity index (χ0v) is 11.7. The van der Waals surface area contributed by atoms with Crippen LogP contribution in [0, 0.1) is 6.92 Å². The van der Waals surface area contributed by atoms with E-state index in [4.69, 9.17) is 0 Å². The molecule has 0 aliphatic heterocycles. The molecule has 0 bridgehead atoms. The van der Waals surface area contributed by atoms with E-state index in [1.807, 2.05) is 43.0 Å². The number of hydrogen-bond acceptors (Lipinski definition) is 3. The molecule has 0 radical (unpaired) electrons. The molecule has 0 atom stereocenters. The van der Waals surface area contributed by atoms with Crippen LogP contribution in [0.4, 0.5) is 0 Å². The summed E-state index contributed by atoms with van der Waals surface area (Å²) in [6.07, 6.45) is 2.71. The number of ketones is 1. The standard InChI is InChI=1S/C14H21NOS/c1-12-5-4-6-13(11-12)14(16)7-8-15(2)9-10-17-3/h4-6,11H,7-10H2,1-3H3. The van der Waals surface area contributed by atoms with Crippen molar-refractivity contribution in [1.82, 2.24) is 4.90 Å². The summed E-state index contributed by atoms with van der Waals surface area (Å²) in [5.74, 6) is 1.36. The highest BCUT2D eigenvalue weighted by Crippen LogP contribution is 2.07. The first-order chi connectivity index (χ1) is 8.13. The average molecular weight is 251 g/mol. The van der Waals surface area contributed by atoms with Crippen LogP contribution >= 0.6 is 11.8 Å². The van der Waals surface area contributed by atoms with Crippen molar-refractivity contribution >= 4 is 17.5 Å². The lowest BCUT2D eigenvalue weighted by Crippen LogP contribution is -2.24. The molecule has 17 heavy (non-hydrogen) atoms. The minimum Gasteiger partial charge on any atom is -0.305 e. The van der Waals surface area contributed by atoms with Gasteiger partial charge in [0.1, 0.15) is 0 Å². The van der Waals surface area contributed by atoms with Gasteiger partial charge in [0, 0.05) is 30.8 Å². The number of hydrogen-bond donors (Lipinski definition) is 0. The second-order valence-electron chi connectivity index (χ2n) is 4.34. The third-order valence-electron chi connectivity index (χ3n) is 2.74. The van der Waals surface area contributed by atoms with Gasteiger partial charge in [-0.15, -0.1) is 0 Å². The molecule has 0 spiro atoms. The molecular weight excluding hydrogens is 230 g/mol. The number of aryl methyl sites for hydroxylation is 1. The third kappa shape index (κ3) is 5.37. The topological polar surface area (TPSA) is 20.3 Å². The molecule has 0 saturated carbocycles. The van der Waals surface area contributed by atoms with Crippen molar-refractivity contribution in [3.05, 3.63) is 35.4 Å². The largest absolute Gasteiger partial charge is 0.305 e. The summed E-state index contributed by atoms with van der Waals surface area (Å²) in [6.45, 7) is 3.90. The average Bonchev–Trinajstić information content (AvgIpc) is 2.33. The van der Waals surface area contributed by atoms with Gasteiger partial charge in [-0.05, 0) is 26.3 Å². The minimum absolute atomic E-state index is 0.240. The van der Waals surface area contributed by atoms with E-state index in [2.05, 4.69) is 18.2 Å². The SMILES string of the molecule is CSCCN(C)CCC(=O)c1cccc(C)c1. The van der Waals surface area contributed by atoms with Crippen LogP contribution < -0.4 is 0 Å². The minimum atomic E-state index is 0.240. The zero-order chi connectivity index (χ0) is 12.7. The second-order valence-corrected chi connectivity index (χ2v) is 5.32. The van der Waals surface area contributed by atoms with Gasteiger partial charge in [0.25, 0.3) is 0 Å². The van der Waals surface area contributed by atoms with Crippen molar-refractivity contribution in [1.29, 1.82) is 0 Å². The lowest BCUT2D eigenvalue weighted by atomic mass is 10.1. The maximum atomic E-state index is 11.9. The van der Waals surface area contributed by atoms with Crippen LogP contribution in [-0.4, -0.2) is 42.8 Å². The molecule has 0 aliphatic rings. The second kappa shape index (κ2) is 7.51. The number of nitrogens with zero attached hydrogens (tertiary/aromatic N) is 1. The summed E-state index contributed by atoms with van der Waals surface area (Å²) >= 11 is 1.84. The van der Waals surface area contributed by atoms with E-state index in [0.29, 0.717) is 6.42 Å². The molecule has 0 aromatic heterocycles. The zero-order valence-electron chi connectivity index (χ0n) is 10.9. The van der Waals surface area contributed by atoms with E-state index >= 15 is 0 Å². The summed E-state index contributed by atoms with van der Waals surface area (Å²) in [4.78, 5) is 14.2. The molecule has 0 N–H and O–H groups in total. The summed E-state index contributed by atoms with van der Waals surface area (Å²) in [5.41, 5.74) is 1.98. The number of carbonyl (C=O) groups excluding carboxylic acids is 1. The Hall–Kier alpha value is -0.800. The summed E-state index contributed by atoms with van der Waals surface area (Å²) in [7, 11) is 2.07. The van der Waals surface area contributed by atoms with Gasteiger partial charge < -0.3 is 4.90 Å². The van der Waals surface area contributed by atoms with Crippen molar-refractivity contribution in [3.63, 3.8) is 0 Å². The van der Waals surface area contributed by atoms with Crippen molar-refractivity contribution < 1.29 is 4.79 Å². The van der Waals surface area contributed by atoms with Crippen molar-refractivity contribution in [3.8, 4) is 0 Å². The Balaban J connectivity index is 2.39. The van der Waals surface area contributed by atoms with Gasteiger partial charge in [-0.2, -0.15) is 11.8 Å². The number of benzene rings is 1. The van der Waals surface area contributed by atoms with E-state index in [1.54, 1.807) is 0 Å². The van der Waals surface area contributed by atoms with E-state index in [0.717, 1.165) is 30.0 Å². The smallest absolute Gasteiger partial charge is 0.164 e. The number of Topliss-reactive ketones (excluding diaryl/α,β-unsaturated/α-hetero) is 1. The van der Waals surface area contributed by atoms with Gasteiger partial charge >= 0.3 is 0 Å². The highest BCUT2D eigenvalue weighted by Gasteiger charge is 2.07. The molecule has 0 fully saturated rings. The molecule has 0 unspecified atom stereocenters. The van der Waals surface area contributed by atoms with Crippen LogP contribution in [0.3, 0.4) is 0 Å². The molecule has 1 aromatic carbocycles. The van der Waals surface area contributed by atoms with Crippen molar-refractivity contribution in [2.45, 2.75) is 13.3 Å². The Labute approximate surface area is 108 Å². The fraction of sp³-hybridized carbons (Fsp3) is 0.500. The molecule has 94 valence electrons. The van der Waals surface area contributed by atoms with E-state index in [9.17, 15) is 4.79 Å². The summed E-state index contributed by atoms with van der Waals surface area (Å²) < 4.78 is 0. The Morgan fingerprint density at radius 3 is 2.76 bits per heavy atom. The van der Waals surface area contributed by atoms with Crippen molar-refractivity contribution in [2.75, 3.05) is 32.1 Å². The van der Waals surface area contributed by atoms with Gasteiger partial charge in [-0.3, -0.25) is 4.79 Å². The Bertz CT molecular complexity index is 365. The first kappa shape index (κ1) is 14.3. The maximum Gasteiger partial charge on any atom is 0.164 e. The van der Waals surface area contributed by atoms with Crippen LogP contribution in [0.5, 0.6) is 0 Å². The van der Waals surface area contributed by atoms with Crippen molar-refractivity contribution in [2.24, 2.45) is 0 Å². The molecule has 0 aliphatic carbocycles. The normalized spacial score (nSPS) is 10.8. The first-order valence-electron chi connectivity index (χ1n) is 5.91. The molecule has 3 heteroatoms. The predicted molar refractivity (Wildman–Crippen MR) is 76.0 cm³/mol. The van der Waals surface area contributed by atoms with Crippen LogP contribution in [-0.2, 0) is 0 Å².